The number of ketones is 1. The highest BCUT2D eigenvalue weighted by Gasteiger charge is 2.55. The molecule has 0 spiro atoms. The fourth-order valence-electron chi connectivity index (χ4n) is 7.34. The van der Waals surface area contributed by atoms with Gasteiger partial charge in [-0.1, -0.05) is 29.8 Å². The number of nitrogens with zero attached hydrogens (tertiary/aromatic N) is 2. The minimum Gasteiger partial charge on any atom is -0.341 e. The molecule has 5 nitrogen and oxygen atoms in total. The minimum atomic E-state index is -0.103. The van der Waals surface area contributed by atoms with Gasteiger partial charge in [0.1, 0.15) is 0 Å². The standard InChI is InChI=1S/C27H36N2O3/c1-19-3-5-23(6-4-19)24(30)7-8-25(31)28-9-2-10-29(12-11-28)26(32)27-16-20-13-21(17-27)15-22(14-20)18-27/h3-6,20-22H,2,7-18H2,1H3. The molecule has 0 radical (unpaired) electrons. The van der Waals surface area contributed by atoms with E-state index >= 15 is 0 Å². The van der Waals surface area contributed by atoms with Crippen molar-refractivity contribution in [2.75, 3.05) is 26.2 Å². The average molecular weight is 437 g/mol. The van der Waals surface area contributed by atoms with Crippen LogP contribution in [0.4, 0.5) is 0 Å². The fraction of sp³-hybridized carbons (Fsp3) is 0.667. The lowest BCUT2D eigenvalue weighted by molar-refractivity contribution is -0.157. The summed E-state index contributed by atoms with van der Waals surface area (Å²) in [6, 6.07) is 7.53. The van der Waals surface area contributed by atoms with E-state index in [4.69, 9.17) is 0 Å². The molecule has 4 saturated carbocycles. The van der Waals surface area contributed by atoms with Crippen molar-refractivity contribution in [2.45, 2.75) is 64.7 Å². The maximum Gasteiger partial charge on any atom is 0.228 e. The normalized spacial score (nSPS) is 31.5. The van der Waals surface area contributed by atoms with Crippen molar-refractivity contribution in [2.24, 2.45) is 23.2 Å². The van der Waals surface area contributed by atoms with E-state index in [-0.39, 0.29) is 29.9 Å². The molecule has 0 atom stereocenters. The van der Waals surface area contributed by atoms with E-state index in [1.165, 1.54) is 19.3 Å². The van der Waals surface area contributed by atoms with Crippen molar-refractivity contribution in [1.82, 2.24) is 9.80 Å². The van der Waals surface area contributed by atoms with Crippen LogP contribution in [-0.2, 0) is 9.59 Å². The van der Waals surface area contributed by atoms with Crippen molar-refractivity contribution in [3.8, 4) is 0 Å². The number of aryl methyl sites for hydroxylation is 1. The molecule has 1 aromatic carbocycles. The van der Waals surface area contributed by atoms with Crippen LogP contribution in [0.15, 0.2) is 24.3 Å². The zero-order valence-electron chi connectivity index (χ0n) is 19.4. The molecule has 2 amide bonds. The van der Waals surface area contributed by atoms with Gasteiger partial charge in [0.25, 0.3) is 0 Å². The van der Waals surface area contributed by atoms with E-state index in [0.717, 1.165) is 55.5 Å². The van der Waals surface area contributed by atoms with Gasteiger partial charge in [-0.3, -0.25) is 14.4 Å². The van der Waals surface area contributed by atoms with Crippen molar-refractivity contribution < 1.29 is 14.4 Å². The van der Waals surface area contributed by atoms with Crippen LogP contribution in [0.25, 0.3) is 0 Å². The molecule has 5 fully saturated rings. The molecule has 172 valence electrons. The topological polar surface area (TPSA) is 57.7 Å². The monoisotopic (exact) mass is 436 g/mol. The van der Waals surface area contributed by atoms with Gasteiger partial charge in [0.05, 0.1) is 5.41 Å². The quantitative estimate of drug-likeness (QED) is 0.649. The molecule has 1 heterocycles. The van der Waals surface area contributed by atoms with E-state index in [1.54, 1.807) is 0 Å². The van der Waals surface area contributed by atoms with E-state index in [2.05, 4.69) is 4.90 Å². The van der Waals surface area contributed by atoms with E-state index < -0.39 is 0 Å². The molecule has 32 heavy (non-hydrogen) atoms. The van der Waals surface area contributed by atoms with Gasteiger partial charge in [-0.05, 0) is 69.6 Å². The van der Waals surface area contributed by atoms with Crippen LogP contribution in [0, 0.1) is 30.1 Å². The second-order valence-corrected chi connectivity index (χ2v) is 11.0. The van der Waals surface area contributed by atoms with E-state index in [9.17, 15) is 14.4 Å². The number of benzene rings is 1. The first-order valence-corrected chi connectivity index (χ1v) is 12.6. The smallest absolute Gasteiger partial charge is 0.228 e. The van der Waals surface area contributed by atoms with Crippen LogP contribution in [-0.4, -0.2) is 53.6 Å². The maximum absolute atomic E-state index is 13.7. The number of hydrogen-bond donors (Lipinski definition) is 0. The molecule has 6 rings (SSSR count). The molecule has 5 aliphatic rings. The molecule has 4 aliphatic carbocycles. The predicted molar refractivity (Wildman–Crippen MR) is 123 cm³/mol. The Morgan fingerprint density at radius 2 is 1.38 bits per heavy atom. The summed E-state index contributed by atoms with van der Waals surface area (Å²) in [6.45, 7) is 4.66. The first-order valence-electron chi connectivity index (χ1n) is 12.6. The number of hydrogen-bond acceptors (Lipinski definition) is 3. The van der Waals surface area contributed by atoms with Gasteiger partial charge in [-0.2, -0.15) is 0 Å². The molecule has 1 aromatic rings. The summed E-state index contributed by atoms with van der Waals surface area (Å²) >= 11 is 0. The van der Waals surface area contributed by atoms with E-state index in [1.807, 2.05) is 36.1 Å². The highest BCUT2D eigenvalue weighted by Crippen LogP contribution is 2.60. The molecular formula is C27H36N2O3. The van der Waals surface area contributed by atoms with Crippen molar-refractivity contribution in [3.63, 3.8) is 0 Å². The molecular weight excluding hydrogens is 400 g/mol. The Bertz CT molecular complexity index is 855. The zero-order valence-corrected chi connectivity index (χ0v) is 19.4. The van der Waals surface area contributed by atoms with Gasteiger partial charge in [-0.25, -0.2) is 0 Å². The van der Waals surface area contributed by atoms with Crippen LogP contribution in [0.3, 0.4) is 0 Å². The van der Waals surface area contributed by atoms with Crippen LogP contribution in [0.5, 0.6) is 0 Å². The Labute approximate surface area is 191 Å². The lowest BCUT2D eigenvalue weighted by Gasteiger charge is -2.56. The van der Waals surface area contributed by atoms with Gasteiger partial charge in [-0.15, -0.1) is 0 Å². The van der Waals surface area contributed by atoms with Crippen LogP contribution in [0.2, 0.25) is 0 Å². The summed E-state index contributed by atoms with van der Waals surface area (Å²) in [7, 11) is 0. The van der Waals surface area contributed by atoms with Gasteiger partial charge < -0.3 is 9.80 Å². The average Bonchev–Trinajstić information content (AvgIpc) is 3.02. The van der Waals surface area contributed by atoms with Gasteiger partial charge in [0.2, 0.25) is 11.8 Å². The Balaban J connectivity index is 1.15. The minimum absolute atomic E-state index is 0.0202. The highest BCUT2D eigenvalue weighted by atomic mass is 16.2. The second-order valence-electron chi connectivity index (χ2n) is 11.0. The number of amides is 2. The third-order valence-electron chi connectivity index (χ3n) is 8.57. The largest absolute Gasteiger partial charge is 0.341 e. The predicted octanol–water partition coefficient (Wildman–Crippen LogP) is 4.24. The Hall–Kier alpha value is -2.17. The van der Waals surface area contributed by atoms with Crippen molar-refractivity contribution >= 4 is 17.6 Å². The molecule has 1 aliphatic heterocycles. The summed E-state index contributed by atoms with van der Waals surface area (Å²) in [5.41, 5.74) is 1.69. The second kappa shape index (κ2) is 8.64. The molecule has 0 aromatic heterocycles. The summed E-state index contributed by atoms with van der Waals surface area (Å²) in [5.74, 6) is 2.73. The molecule has 0 N–H and O–H groups in total. The van der Waals surface area contributed by atoms with Gasteiger partial charge in [0, 0.05) is 44.6 Å². The van der Waals surface area contributed by atoms with Crippen LogP contribution >= 0.6 is 0 Å². The maximum atomic E-state index is 13.7. The number of Topliss-reactive ketones (excluding diaryl/α,β-unsaturated/α-hetero) is 1. The van der Waals surface area contributed by atoms with Crippen molar-refractivity contribution in [1.29, 1.82) is 0 Å². The summed E-state index contributed by atoms with van der Waals surface area (Å²) < 4.78 is 0. The van der Waals surface area contributed by atoms with Gasteiger partial charge >= 0.3 is 0 Å². The fourth-order valence-corrected chi connectivity index (χ4v) is 7.34. The summed E-state index contributed by atoms with van der Waals surface area (Å²) in [5, 5.41) is 0. The molecule has 1 saturated heterocycles. The molecule has 5 heteroatoms. The van der Waals surface area contributed by atoms with Crippen LogP contribution in [0.1, 0.15) is 73.7 Å². The Kier molecular flexibility index (Phi) is 5.85. The lowest BCUT2D eigenvalue weighted by Crippen LogP contribution is -2.55. The number of carbonyl (C=O) groups excluding carboxylic acids is 3. The first-order chi connectivity index (χ1) is 15.4. The number of carbonyl (C=O) groups is 3. The molecule has 0 unspecified atom stereocenters. The van der Waals surface area contributed by atoms with Gasteiger partial charge in [0.15, 0.2) is 5.78 Å². The highest BCUT2D eigenvalue weighted by molar-refractivity contribution is 5.98. The summed E-state index contributed by atoms with van der Waals surface area (Å²) in [6.07, 6.45) is 8.64. The van der Waals surface area contributed by atoms with E-state index in [0.29, 0.717) is 31.1 Å². The first kappa shape index (κ1) is 21.7. The lowest BCUT2D eigenvalue weighted by atomic mass is 9.49. The molecule has 4 bridgehead atoms. The SMILES string of the molecule is Cc1ccc(C(=O)CCC(=O)N2CCCN(C(=O)C34CC5CC(CC(C5)C3)C4)CC2)cc1. The van der Waals surface area contributed by atoms with Crippen LogP contribution < -0.4 is 0 Å². The Morgan fingerprint density at radius 3 is 2.00 bits per heavy atom. The number of rotatable bonds is 5. The third-order valence-corrected chi connectivity index (χ3v) is 8.57. The Morgan fingerprint density at radius 1 is 0.812 bits per heavy atom. The summed E-state index contributed by atoms with van der Waals surface area (Å²) in [4.78, 5) is 42.8. The van der Waals surface area contributed by atoms with Crippen molar-refractivity contribution in [3.05, 3.63) is 35.4 Å². The third kappa shape index (κ3) is 4.23. The zero-order chi connectivity index (χ0) is 22.3.